The van der Waals surface area contributed by atoms with Crippen LogP contribution in [0.25, 0.3) is 0 Å². The highest BCUT2D eigenvalue weighted by Gasteiger charge is 2.24. The number of benzene rings is 1. The molecule has 1 aliphatic heterocycles. The van der Waals surface area contributed by atoms with Crippen molar-refractivity contribution in [2.45, 2.75) is 19.8 Å². The number of aryl methyl sites for hydroxylation is 1. The van der Waals surface area contributed by atoms with E-state index in [0.717, 1.165) is 23.2 Å². The number of piperazine rings is 1. The molecule has 3 rings (SSSR count). The van der Waals surface area contributed by atoms with Crippen LogP contribution in [0.2, 0.25) is 5.02 Å². The summed E-state index contributed by atoms with van der Waals surface area (Å²) >= 11 is 7.52. The largest absolute Gasteiger partial charge is 0.496 e. The summed E-state index contributed by atoms with van der Waals surface area (Å²) in [6, 6.07) is 4.91. The van der Waals surface area contributed by atoms with E-state index in [0.29, 0.717) is 29.4 Å². The molecular formula is C18H21ClN4O3S. The number of aromatic nitrogens is 2. The fraction of sp³-hybridized carbons (Fsp3) is 0.444. The van der Waals surface area contributed by atoms with E-state index in [9.17, 15) is 9.59 Å². The van der Waals surface area contributed by atoms with Crippen molar-refractivity contribution in [3.63, 3.8) is 0 Å². The van der Waals surface area contributed by atoms with Crippen LogP contribution in [0.5, 0.6) is 5.75 Å². The molecule has 0 N–H and O–H groups in total. The zero-order valence-corrected chi connectivity index (χ0v) is 16.8. The molecule has 0 saturated carbocycles. The highest BCUT2D eigenvalue weighted by atomic mass is 35.5. The number of methoxy groups -OCH3 is 1. The van der Waals surface area contributed by atoms with Crippen LogP contribution in [0, 0.1) is 6.92 Å². The smallest absolute Gasteiger partial charge is 0.223 e. The van der Waals surface area contributed by atoms with Gasteiger partial charge in [0.15, 0.2) is 5.78 Å². The first-order valence-corrected chi connectivity index (χ1v) is 9.87. The molecule has 0 spiro atoms. The van der Waals surface area contributed by atoms with Crippen LogP contribution >= 0.6 is 22.9 Å². The van der Waals surface area contributed by atoms with Gasteiger partial charge >= 0.3 is 0 Å². The number of amides is 1. The fourth-order valence-corrected chi connectivity index (χ4v) is 3.88. The van der Waals surface area contributed by atoms with Gasteiger partial charge in [-0.2, -0.15) is 0 Å². The Labute approximate surface area is 166 Å². The number of ketones is 1. The van der Waals surface area contributed by atoms with Crippen molar-refractivity contribution in [2.75, 3.05) is 38.2 Å². The van der Waals surface area contributed by atoms with Gasteiger partial charge in [0.1, 0.15) is 10.8 Å². The number of nitrogens with zero attached hydrogens (tertiary/aromatic N) is 4. The summed E-state index contributed by atoms with van der Waals surface area (Å²) in [5.41, 5.74) is 0.411. The van der Waals surface area contributed by atoms with Crippen molar-refractivity contribution in [3.05, 3.63) is 33.8 Å². The maximum atomic E-state index is 12.5. The second-order valence-corrected chi connectivity index (χ2v) is 7.84. The summed E-state index contributed by atoms with van der Waals surface area (Å²) in [5, 5.41) is 10.5. The van der Waals surface area contributed by atoms with E-state index in [1.165, 1.54) is 7.11 Å². The van der Waals surface area contributed by atoms with E-state index >= 15 is 0 Å². The molecule has 1 aromatic carbocycles. The average Bonchev–Trinajstić information content (AvgIpc) is 3.12. The van der Waals surface area contributed by atoms with E-state index in [4.69, 9.17) is 16.3 Å². The van der Waals surface area contributed by atoms with E-state index < -0.39 is 0 Å². The second kappa shape index (κ2) is 8.67. The zero-order chi connectivity index (χ0) is 19.4. The number of anilines is 1. The van der Waals surface area contributed by atoms with Crippen molar-refractivity contribution < 1.29 is 14.3 Å². The molecule has 0 bridgehead atoms. The van der Waals surface area contributed by atoms with Crippen molar-refractivity contribution in [1.82, 2.24) is 15.1 Å². The van der Waals surface area contributed by atoms with Gasteiger partial charge in [-0.15, -0.1) is 10.2 Å². The molecule has 144 valence electrons. The number of hydrogen-bond donors (Lipinski definition) is 0. The van der Waals surface area contributed by atoms with Crippen LogP contribution in [-0.4, -0.2) is 60.1 Å². The van der Waals surface area contributed by atoms with Crippen molar-refractivity contribution in [3.8, 4) is 5.75 Å². The molecule has 0 aliphatic carbocycles. The molecule has 0 atom stereocenters. The van der Waals surface area contributed by atoms with E-state index in [1.54, 1.807) is 34.4 Å². The highest BCUT2D eigenvalue weighted by molar-refractivity contribution is 7.15. The average molecular weight is 409 g/mol. The first-order chi connectivity index (χ1) is 13.0. The van der Waals surface area contributed by atoms with E-state index in [2.05, 4.69) is 15.1 Å². The maximum Gasteiger partial charge on any atom is 0.223 e. The van der Waals surface area contributed by atoms with Gasteiger partial charge in [0, 0.05) is 44.0 Å². The quantitative estimate of drug-likeness (QED) is 0.684. The van der Waals surface area contributed by atoms with Crippen molar-refractivity contribution in [2.24, 2.45) is 0 Å². The summed E-state index contributed by atoms with van der Waals surface area (Å²) in [4.78, 5) is 28.9. The molecule has 0 unspecified atom stereocenters. The van der Waals surface area contributed by atoms with Crippen LogP contribution in [-0.2, 0) is 4.79 Å². The molecule has 2 aromatic rings. The molecule has 7 nitrogen and oxygen atoms in total. The monoisotopic (exact) mass is 408 g/mol. The van der Waals surface area contributed by atoms with Crippen LogP contribution < -0.4 is 9.64 Å². The predicted octanol–water partition coefficient (Wildman–Crippen LogP) is 2.82. The van der Waals surface area contributed by atoms with Gasteiger partial charge in [-0.05, 0) is 25.1 Å². The lowest BCUT2D eigenvalue weighted by atomic mass is 10.0. The number of carbonyl (C=O) groups is 2. The zero-order valence-electron chi connectivity index (χ0n) is 15.3. The summed E-state index contributed by atoms with van der Waals surface area (Å²) in [5.74, 6) is 0.306. The molecule has 1 fully saturated rings. The van der Waals surface area contributed by atoms with Crippen molar-refractivity contribution >= 4 is 39.8 Å². The van der Waals surface area contributed by atoms with Gasteiger partial charge < -0.3 is 14.5 Å². The number of halogens is 1. The van der Waals surface area contributed by atoms with Gasteiger partial charge in [-0.3, -0.25) is 9.59 Å². The van der Waals surface area contributed by atoms with Gasteiger partial charge in [0.2, 0.25) is 11.0 Å². The third-order valence-electron chi connectivity index (χ3n) is 4.45. The maximum absolute atomic E-state index is 12.5. The highest BCUT2D eigenvalue weighted by Crippen LogP contribution is 2.25. The Bertz CT molecular complexity index is 834. The Hall–Kier alpha value is -2.19. The van der Waals surface area contributed by atoms with E-state index in [-0.39, 0.29) is 24.5 Å². The van der Waals surface area contributed by atoms with Crippen molar-refractivity contribution in [1.29, 1.82) is 0 Å². The minimum atomic E-state index is -0.148. The molecule has 1 aliphatic rings. The van der Waals surface area contributed by atoms with Gasteiger partial charge in [-0.1, -0.05) is 22.9 Å². The Morgan fingerprint density at radius 2 is 1.93 bits per heavy atom. The SMILES string of the molecule is COc1ccc(Cl)cc1C(=O)CCC(=O)N1CCN(c2nnc(C)s2)CC1. The van der Waals surface area contributed by atoms with E-state index in [1.807, 2.05) is 6.92 Å². The molecule has 1 saturated heterocycles. The minimum Gasteiger partial charge on any atom is -0.496 e. The molecule has 9 heteroatoms. The van der Waals surface area contributed by atoms with Crippen LogP contribution in [0.15, 0.2) is 18.2 Å². The molecule has 1 amide bonds. The van der Waals surface area contributed by atoms with Gasteiger partial charge in [0.25, 0.3) is 0 Å². The Kier molecular flexibility index (Phi) is 6.28. The molecule has 27 heavy (non-hydrogen) atoms. The number of rotatable bonds is 6. The first-order valence-electron chi connectivity index (χ1n) is 8.67. The minimum absolute atomic E-state index is 0.0163. The fourth-order valence-electron chi connectivity index (χ4n) is 2.97. The predicted molar refractivity (Wildman–Crippen MR) is 105 cm³/mol. The van der Waals surface area contributed by atoms with Crippen LogP contribution in [0.1, 0.15) is 28.2 Å². The lowest BCUT2D eigenvalue weighted by molar-refractivity contribution is -0.131. The van der Waals surface area contributed by atoms with Gasteiger partial charge in [-0.25, -0.2) is 0 Å². The summed E-state index contributed by atoms with van der Waals surface area (Å²) in [6.07, 6.45) is 0.303. The van der Waals surface area contributed by atoms with Gasteiger partial charge in [0.05, 0.1) is 12.7 Å². The molecule has 0 radical (unpaired) electrons. The molecular weight excluding hydrogens is 388 g/mol. The van der Waals surface area contributed by atoms with Crippen LogP contribution in [0.4, 0.5) is 5.13 Å². The third-order valence-corrected chi connectivity index (χ3v) is 5.58. The number of carbonyl (C=O) groups excluding carboxylic acids is 2. The normalized spacial score (nSPS) is 14.3. The number of Topliss-reactive ketones (excluding diaryl/α,β-unsaturated/α-hetero) is 1. The van der Waals surface area contributed by atoms with Crippen LogP contribution in [0.3, 0.4) is 0 Å². The summed E-state index contributed by atoms with van der Waals surface area (Å²) in [7, 11) is 1.50. The number of ether oxygens (including phenoxy) is 1. The lowest BCUT2D eigenvalue weighted by Crippen LogP contribution is -2.48. The lowest BCUT2D eigenvalue weighted by Gasteiger charge is -2.34. The Morgan fingerprint density at radius 3 is 2.56 bits per heavy atom. The second-order valence-electron chi connectivity index (χ2n) is 6.24. The standard InChI is InChI=1S/C18H21ClN4O3S/c1-12-20-21-18(27-12)23-9-7-22(8-10-23)17(25)6-4-15(24)14-11-13(19)3-5-16(14)26-2/h3,5,11H,4,6-10H2,1-2H3. The summed E-state index contributed by atoms with van der Waals surface area (Å²) in [6.45, 7) is 4.60. The molecule has 1 aromatic heterocycles. The number of hydrogen-bond acceptors (Lipinski definition) is 7. The third kappa shape index (κ3) is 4.75. The topological polar surface area (TPSA) is 75.6 Å². The first kappa shape index (κ1) is 19.6. The summed E-state index contributed by atoms with van der Waals surface area (Å²) < 4.78 is 5.21. The molecule has 2 heterocycles. The Balaban J connectivity index is 1.51. The Morgan fingerprint density at radius 1 is 1.19 bits per heavy atom.